The number of rotatable bonds is 4. The fraction of sp³-hybridized carbons (Fsp3) is 0.867. The van der Waals surface area contributed by atoms with E-state index in [9.17, 15) is 9.59 Å². The lowest BCUT2D eigenvalue weighted by atomic mass is 9.83. The molecule has 0 unspecified atom stereocenters. The highest BCUT2D eigenvalue weighted by Crippen LogP contribution is 2.30. The van der Waals surface area contributed by atoms with Crippen molar-refractivity contribution in [3.05, 3.63) is 0 Å². The molecule has 4 heteroatoms. The molecule has 0 aliphatic heterocycles. The monoisotopic (exact) mass is 269 g/mol. The number of ether oxygens (including phenoxy) is 1. The average molecular weight is 269 g/mol. The van der Waals surface area contributed by atoms with Gasteiger partial charge in [0.1, 0.15) is 11.9 Å². The van der Waals surface area contributed by atoms with E-state index in [-0.39, 0.29) is 12.1 Å². The van der Waals surface area contributed by atoms with Crippen LogP contribution in [0.5, 0.6) is 0 Å². The Balaban J connectivity index is 2.38. The predicted octanol–water partition coefficient (Wildman–Crippen LogP) is 3.39. The van der Waals surface area contributed by atoms with Crippen molar-refractivity contribution in [3.63, 3.8) is 0 Å². The molecular weight excluding hydrogens is 242 g/mol. The van der Waals surface area contributed by atoms with Crippen molar-refractivity contribution in [2.75, 3.05) is 7.05 Å². The van der Waals surface area contributed by atoms with Crippen LogP contribution in [0.4, 0.5) is 4.79 Å². The number of carbonyl (C=O) groups excluding carboxylic acids is 2. The number of aldehydes is 1. The van der Waals surface area contributed by atoms with Crippen molar-refractivity contribution in [1.82, 2.24) is 4.90 Å². The molecule has 0 bridgehead atoms. The maximum Gasteiger partial charge on any atom is 0.410 e. The summed E-state index contributed by atoms with van der Waals surface area (Å²) >= 11 is 0. The van der Waals surface area contributed by atoms with Crippen LogP contribution in [0, 0.1) is 5.92 Å². The van der Waals surface area contributed by atoms with Gasteiger partial charge in [-0.2, -0.15) is 0 Å². The first-order valence-electron chi connectivity index (χ1n) is 7.23. The van der Waals surface area contributed by atoms with E-state index in [4.69, 9.17) is 4.74 Å². The van der Waals surface area contributed by atoms with Crippen LogP contribution in [0.1, 0.15) is 59.3 Å². The number of carbonyl (C=O) groups is 2. The van der Waals surface area contributed by atoms with Gasteiger partial charge in [0, 0.05) is 19.5 Å². The molecule has 1 aliphatic rings. The Labute approximate surface area is 116 Å². The Morgan fingerprint density at radius 1 is 1.26 bits per heavy atom. The lowest BCUT2D eigenvalue weighted by Crippen LogP contribution is -2.42. The Morgan fingerprint density at radius 3 is 2.32 bits per heavy atom. The summed E-state index contributed by atoms with van der Waals surface area (Å²) in [4.78, 5) is 24.1. The van der Waals surface area contributed by atoms with E-state index in [2.05, 4.69) is 0 Å². The van der Waals surface area contributed by atoms with Crippen LogP contribution in [0.2, 0.25) is 0 Å². The first kappa shape index (κ1) is 16.0. The summed E-state index contributed by atoms with van der Waals surface area (Å²) in [5.41, 5.74) is -0.438. The molecule has 0 aromatic carbocycles. The van der Waals surface area contributed by atoms with E-state index >= 15 is 0 Å². The van der Waals surface area contributed by atoms with Crippen molar-refractivity contribution in [2.24, 2.45) is 5.92 Å². The van der Waals surface area contributed by atoms with Crippen LogP contribution in [0.3, 0.4) is 0 Å². The average Bonchev–Trinajstić information content (AvgIpc) is 2.34. The lowest BCUT2D eigenvalue weighted by molar-refractivity contribution is -0.108. The van der Waals surface area contributed by atoms with Gasteiger partial charge in [-0.15, -0.1) is 0 Å². The molecule has 0 heterocycles. The zero-order chi connectivity index (χ0) is 14.5. The Bertz CT molecular complexity index is 301. The van der Waals surface area contributed by atoms with Gasteiger partial charge in [-0.3, -0.25) is 0 Å². The van der Waals surface area contributed by atoms with Gasteiger partial charge < -0.3 is 14.4 Å². The lowest BCUT2D eigenvalue weighted by Gasteiger charge is -2.35. The van der Waals surface area contributed by atoms with Crippen LogP contribution < -0.4 is 0 Å². The molecule has 0 spiro atoms. The van der Waals surface area contributed by atoms with E-state index in [1.165, 1.54) is 0 Å². The quantitative estimate of drug-likeness (QED) is 0.735. The molecule has 1 fully saturated rings. The van der Waals surface area contributed by atoms with Gasteiger partial charge in [-0.1, -0.05) is 0 Å². The maximum atomic E-state index is 12.0. The number of amides is 1. The Morgan fingerprint density at radius 2 is 1.84 bits per heavy atom. The summed E-state index contributed by atoms with van der Waals surface area (Å²) in [5.74, 6) is 0.647. The standard InChI is InChI=1S/C15H27NO3/c1-15(2,3)19-14(18)16(4)13-9-7-12(8-10-13)6-5-11-17/h11-13H,5-10H2,1-4H3/t12-,13-. The summed E-state index contributed by atoms with van der Waals surface area (Å²) < 4.78 is 5.39. The minimum Gasteiger partial charge on any atom is -0.444 e. The van der Waals surface area contributed by atoms with E-state index in [1.807, 2.05) is 27.8 Å². The molecule has 0 N–H and O–H groups in total. The minimum atomic E-state index is -0.438. The largest absolute Gasteiger partial charge is 0.444 e. The van der Waals surface area contributed by atoms with Crippen molar-refractivity contribution < 1.29 is 14.3 Å². The summed E-state index contributed by atoms with van der Waals surface area (Å²) in [6.45, 7) is 5.65. The van der Waals surface area contributed by atoms with Crippen LogP contribution in [0.25, 0.3) is 0 Å². The molecule has 110 valence electrons. The topological polar surface area (TPSA) is 46.6 Å². The second kappa shape index (κ2) is 6.92. The van der Waals surface area contributed by atoms with E-state index in [1.54, 1.807) is 4.90 Å². The normalized spacial score (nSPS) is 23.8. The second-order valence-corrected chi connectivity index (χ2v) is 6.51. The molecule has 1 rings (SSSR count). The summed E-state index contributed by atoms with van der Waals surface area (Å²) in [6.07, 6.45) is 6.65. The molecule has 0 aromatic rings. The number of hydrogen-bond acceptors (Lipinski definition) is 3. The Hall–Kier alpha value is -1.06. The van der Waals surface area contributed by atoms with Crippen LogP contribution >= 0.6 is 0 Å². The summed E-state index contributed by atoms with van der Waals surface area (Å²) in [7, 11) is 1.82. The number of hydrogen-bond donors (Lipinski definition) is 0. The van der Waals surface area contributed by atoms with Gasteiger partial charge in [0.15, 0.2) is 0 Å². The zero-order valence-corrected chi connectivity index (χ0v) is 12.6. The summed E-state index contributed by atoms with van der Waals surface area (Å²) in [6, 6.07) is 0.280. The first-order chi connectivity index (χ1) is 8.83. The third-order valence-corrected chi connectivity index (χ3v) is 3.74. The third kappa shape index (κ3) is 5.62. The van der Waals surface area contributed by atoms with E-state index < -0.39 is 5.60 Å². The second-order valence-electron chi connectivity index (χ2n) is 6.51. The minimum absolute atomic E-state index is 0.233. The van der Waals surface area contributed by atoms with Crippen LogP contribution in [0.15, 0.2) is 0 Å². The molecule has 1 amide bonds. The molecule has 0 atom stereocenters. The van der Waals surface area contributed by atoms with Crippen molar-refractivity contribution >= 4 is 12.4 Å². The highest BCUT2D eigenvalue weighted by Gasteiger charge is 2.28. The van der Waals surface area contributed by atoms with Crippen molar-refractivity contribution in [3.8, 4) is 0 Å². The molecule has 1 aliphatic carbocycles. The fourth-order valence-electron chi connectivity index (χ4n) is 2.61. The van der Waals surface area contributed by atoms with Gasteiger partial charge in [0.2, 0.25) is 0 Å². The third-order valence-electron chi connectivity index (χ3n) is 3.74. The SMILES string of the molecule is CN(C(=O)OC(C)(C)C)[C@H]1CC[C@H](CCC=O)CC1. The van der Waals surface area contributed by atoms with Gasteiger partial charge >= 0.3 is 6.09 Å². The Kier molecular flexibility index (Phi) is 5.83. The molecular formula is C15H27NO3. The number of nitrogens with zero attached hydrogens (tertiary/aromatic N) is 1. The van der Waals surface area contributed by atoms with Crippen LogP contribution in [-0.4, -0.2) is 36.0 Å². The van der Waals surface area contributed by atoms with Gasteiger partial charge in [-0.25, -0.2) is 4.79 Å². The van der Waals surface area contributed by atoms with Crippen LogP contribution in [-0.2, 0) is 9.53 Å². The zero-order valence-electron chi connectivity index (χ0n) is 12.6. The highest BCUT2D eigenvalue weighted by molar-refractivity contribution is 5.68. The molecule has 19 heavy (non-hydrogen) atoms. The highest BCUT2D eigenvalue weighted by atomic mass is 16.6. The van der Waals surface area contributed by atoms with Gasteiger partial charge in [0.05, 0.1) is 0 Å². The molecule has 1 saturated carbocycles. The van der Waals surface area contributed by atoms with Gasteiger partial charge in [0.25, 0.3) is 0 Å². The maximum absolute atomic E-state index is 12.0. The first-order valence-corrected chi connectivity index (χ1v) is 7.23. The van der Waals surface area contributed by atoms with Crippen molar-refractivity contribution in [1.29, 1.82) is 0 Å². The van der Waals surface area contributed by atoms with E-state index in [0.717, 1.165) is 38.4 Å². The molecule has 0 aromatic heterocycles. The summed E-state index contributed by atoms with van der Waals surface area (Å²) in [5, 5.41) is 0. The van der Waals surface area contributed by atoms with E-state index in [0.29, 0.717) is 12.3 Å². The molecule has 0 saturated heterocycles. The molecule has 4 nitrogen and oxygen atoms in total. The van der Waals surface area contributed by atoms with Crippen molar-refractivity contribution in [2.45, 2.75) is 70.9 Å². The molecule has 0 radical (unpaired) electrons. The smallest absolute Gasteiger partial charge is 0.410 e. The predicted molar refractivity (Wildman–Crippen MR) is 75.0 cm³/mol. The fourth-order valence-corrected chi connectivity index (χ4v) is 2.61. The van der Waals surface area contributed by atoms with Gasteiger partial charge in [-0.05, 0) is 58.8 Å².